The van der Waals surface area contributed by atoms with Crippen molar-refractivity contribution in [2.24, 2.45) is 5.73 Å². The second kappa shape index (κ2) is 6.23. The largest absolute Gasteiger partial charge is 0.480 e. The van der Waals surface area contributed by atoms with Gasteiger partial charge in [-0.3, -0.25) is 34.9 Å². The van der Waals surface area contributed by atoms with Gasteiger partial charge in [0.1, 0.15) is 17.7 Å². The first-order valence-electron chi connectivity index (χ1n) is 5.42. The highest BCUT2D eigenvalue weighted by molar-refractivity contribution is 5.79. The molecule has 8 N–H and O–H groups in total. The van der Waals surface area contributed by atoms with E-state index in [-0.39, 0.29) is 23.7 Å². The number of guanidine groups is 1. The second-order valence-corrected chi connectivity index (χ2v) is 3.87. The Hall–Kier alpha value is -3.31. The minimum absolute atomic E-state index is 0.0413. The second-order valence-electron chi connectivity index (χ2n) is 3.87. The van der Waals surface area contributed by atoms with Gasteiger partial charge in [0.15, 0.2) is 5.96 Å². The fourth-order valence-corrected chi connectivity index (χ4v) is 1.25. The lowest BCUT2D eigenvalue weighted by atomic mass is 10.5. The standard InChI is InChI=1S/C5H4N4O3.C4H9N3O2/c10-3-1-2(7-4(11)6-1)8-5(12)9-3;1-7(4(5)6)2-3(8)9/h(H4,6,7,8,9,10,11,12);2H2,1H3,(H3,5,6)(H,8,9). The molecule has 0 aromatic carbocycles. The summed E-state index contributed by atoms with van der Waals surface area (Å²) in [6.07, 6.45) is 0. The Morgan fingerprint density at radius 3 is 2.14 bits per heavy atom. The lowest BCUT2D eigenvalue weighted by molar-refractivity contribution is -0.137. The van der Waals surface area contributed by atoms with Gasteiger partial charge in [-0.15, -0.1) is 0 Å². The molecular formula is C9H13N7O5. The number of likely N-dealkylation sites (N-methyl/N-ethyl adjacent to an activating group) is 1. The number of aromatic amines is 4. The van der Waals surface area contributed by atoms with Gasteiger partial charge in [0, 0.05) is 7.05 Å². The predicted molar refractivity (Wildman–Crippen MR) is 72.3 cm³/mol. The molecule has 0 fully saturated rings. The molecule has 0 radical (unpaired) electrons. The van der Waals surface area contributed by atoms with E-state index in [1.165, 1.54) is 7.05 Å². The average molecular weight is 299 g/mol. The van der Waals surface area contributed by atoms with Crippen LogP contribution >= 0.6 is 0 Å². The van der Waals surface area contributed by atoms with Crippen molar-refractivity contribution >= 4 is 23.1 Å². The number of imidazole rings is 1. The zero-order chi connectivity index (χ0) is 16.2. The van der Waals surface area contributed by atoms with Crippen LogP contribution in [0.25, 0.3) is 11.2 Å². The van der Waals surface area contributed by atoms with E-state index in [9.17, 15) is 19.2 Å². The van der Waals surface area contributed by atoms with E-state index < -0.39 is 22.9 Å². The van der Waals surface area contributed by atoms with E-state index in [0.29, 0.717) is 0 Å². The summed E-state index contributed by atoms with van der Waals surface area (Å²) in [6, 6.07) is 0. The van der Waals surface area contributed by atoms with Gasteiger partial charge in [0.05, 0.1) is 0 Å². The molecule has 0 unspecified atom stereocenters. The Morgan fingerprint density at radius 1 is 1.19 bits per heavy atom. The van der Waals surface area contributed by atoms with Crippen molar-refractivity contribution in [3.63, 3.8) is 0 Å². The van der Waals surface area contributed by atoms with Crippen molar-refractivity contribution in [1.29, 1.82) is 5.41 Å². The Balaban J connectivity index is 0.000000222. The van der Waals surface area contributed by atoms with E-state index in [2.05, 4.69) is 15.0 Å². The Morgan fingerprint density at radius 2 is 1.71 bits per heavy atom. The molecule has 12 nitrogen and oxygen atoms in total. The number of aromatic nitrogens is 4. The smallest absolute Gasteiger partial charge is 0.327 e. The van der Waals surface area contributed by atoms with Crippen LogP contribution < -0.4 is 22.7 Å². The lowest BCUT2D eigenvalue weighted by Crippen LogP contribution is -2.36. The molecule has 21 heavy (non-hydrogen) atoms. The van der Waals surface area contributed by atoms with Crippen LogP contribution in [0.4, 0.5) is 0 Å². The molecule has 114 valence electrons. The number of fused-ring (bicyclic) bond motifs is 1. The minimum atomic E-state index is -0.993. The molecule has 0 spiro atoms. The van der Waals surface area contributed by atoms with Crippen LogP contribution in [0.1, 0.15) is 0 Å². The Kier molecular flexibility index (Phi) is 4.67. The Bertz CT molecular complexity index is 825. The highest BCUT2D eigenvalue weighted by Crippen LogP contribution is 1.88. The number of hydrogen-bond donors (Lipinski definition) is 7. The first-order chi connectivity index (χ1) is 9.70. The van der Waals surface area contributed by atoms with E-state index in [1.54, 1.807) is 0 Å². The van der Waals surface area contributed by atoms with E-state index in [1.807, 2.05) is 4.98 Å². The van der Waals surface area contributed by atoms with Crippen LogP contribution in [0, 0.1) is 5.41 Å². The van der Waals surface area contributed by atoms with E-state index in [4.69, 9.17) is 16.2 Å². The molecular weight excluding hydrogens is 286 g/mol. The van der Waals surface area contributed by atoms with Gasteiger partial charge in [-0.05, 0) is 0 Å². The molecule has 0 aliphatic carbocycles. The van der Waals surface area contributed by atoms with Crippen molar-refractivity contribution in [3.05, 3.63) is 31.3 Å². The maximum atomic E-state index is 10.9. The molecule has 2 aromatic heterocycles. The van der Waals surface area contributed by atoms with Crippen LogP contribution in [0.2, 0.25) is 0 Å². The number of nitrogens with two attached hydrogens (primary N) is 1. The van der Waals surface area contributed by atoms with E-state index in [0.717, 1.165) is 4.90 Å². The average Bonchev–Trinajstić information content (AvgIpc) is 2.69. The summed E-state index contributed by atoms with van der Waals surface area (Å²) < 4.78 is 0. The molecule has 0 atom stereocenters. The predicted octanol–water partition coefficient (Wildman–Crippen LogP) is -2.87. The third-order valence-electron chi connectivity index (χ3n) is 2.20. The van der Waals surface area contributed by atoms with Gasteiger partial charge in [-0.25, -0.2) is 9.59 Å². The zero-order valence-electron chi connectivity index (χ0n) is 10.8. The first kappa shape index (κ1) is 15.7. The normalized spacial score (nSPS) is 9.76. The molecule has 2 aromatic rings. The van der Waals surface area contributed by atoms with Crippen LogP contribution in [0.3, 0.4) is 0 Å². The van der Waals surface area contributed by atoms with Gasteiger partial charge in [-0.1, -0.05) is 0 Å². The summed E-state index contributed by atoms with van der Waals surface area (Å²) in [5.41, 5.74) is 3.28. The number of carboxylic acids is 1. The number of H-pyrrole nitrogens is 4. The quantitative estimate of drug-likeness (QED) is 0.227. The van der Waals surface area contributed by atoms with Gasteiger partial charge in [0.2, 0.25) is 0 Å². The van der Waals surface area contributed by atoms with Crippen LogP contribution in [-0.4, -0.2) is 55.5 Å². The van der Waals surface area contributed by atoms with Crippen LogP contribution in [0.15, 0.2) is 14.4 Å². The Labute approximate surface area is 115 Å². The van der Waals surface area contributed by atoms with Crippen molar-refractivity contribution in [2.45, 2.75) is 0 Å². The fourth-order valence-electron chi connectivity index (χ4n) is 1.25. The summed E-state index contributed by atoms with van der Waals surface area (Å²) in [5.74, 6) is -1.23. The number of carbonyl (C=O) groups is 1. The third-order valence-corrected chi connectivity index (χ3v) is 2.20. The first-order valence-corrected chi connectivity index (χ1v) is 5.42. The van der Waals surface area contributed by atoms with Crippen molar-refractivity contribution in [1.82, 2.24) is 24.8 Å². The summed E-state index contributed by atoms with van der Waals surface area (Å²) in [7, 11) is 1.44. The molecule has 0 aliphatic rings. The van der Waals surface area contributed by atoms with Gasteiger partial charge >= 0.3 is 17.3 Å². The minimum Gasteiger partial charge on any atom is -0.480 e. The van der Waals surface area contributed by atoms with Crippen LogP contribution in [0.5, 0.6) is 0 Å². The van der Waals surface area contributed by atoms with Crippen molar-refractivity contribution in [2.75, 3.05) is 13.6 Å². The summed E-state index contributed by atoms with van der Waals surface area (Å²) in [6.45, 7) is -0.227. The molecule has 0 amide bonds. The number of aliphatic carboxylic acids is 1. The summed E-state index contributed by atoms with van der Waals surface area (Å²) in [5, 5.41) is 14.9. The number of nitrogens with zero attached hydrogens (tertiary/aromatic N) is 1. The summed E-state index contributed by atoms with van der Waals surface area (Å²) in [4.78, 5) is 52.0. The molecule has 2 rings (SSSR count). The van der Waals surface area contributed by atoms with Crippen molar-refractivity contribution in [3.8, 4) is 0 Å². The third kappa shape index (κ3) is 4.38. The molecule has 2 heterocycles. The SMILES string of the molecule is CN(CC(=O)O)C(=N)N.O=c1[nH]c(=O)c2[nH]c(=O)[nH]c2[nH]1. The lowest BCUT2D eigenvalue weighted by Gasteiger charge is -2.12. The highest BCUT2D eigenvalue weighted by Gasteiger charge is 2.03. The summed E-state index contributed by atoms with van der Waals surface area (Å²) >= 11 is 0. The van der Waals surface area contributed by atoms with Gasteiger partial charge < -0.3 is 15.7 Å². The topological polar surface area (TPSA) is 205 Å². The number of rotatable bonds is 2. The maximum Gasteiger partial charge on any atom is 0.327 e. The monoisotopic (exact) mass is 299 g/mol. The molecule has 0 saturated carbocycles. The van der Waals surface area contributed by atoms with Crippen LogP contribution in [-0.2, 0) is 4.79 Å². The molecule has 12 heteroatoms. The fraction of sp³-hybridized carbons (Fsp3) is 0.222. The van der Waals surface area contributed by atoms with Gasteiger partial charge in [0.25, 0.3) is 5.56 Å². The van der Waals surface area contributed by atoms with Gasteiger partial charge in [-0.2, -0.15) is 0 Å². The molecule has 0 bridgehead atoms. The number of carboxylic acid groups (broad SMARTS) is 1. The van der Waals surface area contributed by atoms with E-state index >= 15 is 0 Å². The van der Waals surface area contributed by atoms with Crippen molar-refractivity contribution < 1.29 is 9.90 Å². The highest BCUT2D eigenvalue weighted by atomic mass is 16.4. The molecule has 0 aliphatic heterocycles. The number of hydrogen-bond acceptors (Lipinski definition) is 5. The number of nitrogens with one attached hydrogen (secondary N) is 5. The molecule has 0 saturated heterocycles. The zero-order valence-corrected chi connectivity index (χ0v) is 10.8. The maximum absolute atomic E-state index is 10.9.